The smallest absolute Gasteiger partial charge is 0.342 e. The zero-order valence-electron chi connectivity index (χ0n) is 10.5. The van der Waals surface area contributed by atoms with Crippen molar-refractivity contribution in [3.63, 3.8) is 0 Å². The molecule has 0 aliphatic heterocycles. The summed E-state index contributed by atoms with van der Waals surface area (Å²) >= 11 is 5.77. The van der Waals surface area contributed by atoms with Crippen LogP contribution in [0.15, 0.2) is 18.2 Å². The van der Waals surface area contributed by atoms with E-state index >= 15 is 0 Å². The molecule has 1 atom stereocenters. The van der Waals surface area contributed by atoms with Crippen molar-refractivity contribution in [2.75, 3.05) is 13.7 Å². The maximum absolute atomic E-state index is 11.9. The number of Topliss-reactive ketones (excluding diaryl/α,β-unsaturated/α-hetero) is 1. The van der Waals surface area contributed by atoms with Crippen LogP contribution in [0.5, 0.6) is 5.75 Å². The minimum atomic E-state index is -0.717. The Kier molecular flexibility index (Phi) is 5.16. The molecule has 0 saturated carbocycles. The molecular weight excluding hydrogens is 256 g/mol. The van der Waals surface area contributed by atoms with Crippen LogP contribution >= 0.6 is 11.6 Å². The second-order valence-corrected chi connectivity index (χ2v) is 4.24. The third kappa shape index (κ3) is 3.01. The maximum Gasteiger partial charge on any atom is 0.342 e. The Morgan fingerprint density at radius 3 is 2.56 bits per heavy atom. The SMILES string of the molecule is CCOC(=O)c1c(OC)cccc1C(=O)C(C)Cl. The second-order valence-electron chi connectivity index (χ2n) is 3.58. The largest absolute Gasteiger partial charge is 0.496 e. The number of carbonyl (C=O) groups excluding carboxylic acids is 2. The van der Waals surface area contributed by atoms with Crippen LogP contribution in [0.2, 0.25) is 0 Å². The van der Waals surface area contributed by atoms with Gasteiger partial charge in [0.2, 0.25) is 0 Å². The Hall–Kier alpha value is -1.55. The van der Waals surface area contributed by atoms with E-state index in [1.54, 1.807) is 26.0 Å². The molecule has 1 aromatic carbocycles. The third-order valence-corrected chi connectivity index (χ3v) is 2.55. The van der Waals surface area contributed by atoms with Gasteiger partial charge in [-0.05, 0) is 19.9 Å². The Labute approximate surface area is 111 Å². The van der Waals surface area contributed by atoms with Crippen molar-refractivity contribution >= 4 is 23.4 Å². The fourth-order valence-corrected chi connectivity index (χ4v) is 1.65. The van der Waals surface area contributed by atoms with Crippen molar-refractivity contribution in [2.45, 2.75) is 19.2 Å². The molecule has 0 fully saturated rings. The zero-order chi connectivity index (χ0) is 13.7. The summed E-state index contributed by atoms with van der Waals surface area (Å²) in [6.45, 7) is 3.47. The first-order chi connectivity index (χ1) is 8.52. The Balaban J connectivity index is 3.33. The van der Waals surface area contributed by atoms with E-state index in [2.05, 4.69) is 0 Å². The number of esters is 1. The molecule has 0 aliphatic rings. The number of alkyl halides is 1. The van der Waals surface area contributed by atoms with Crippen LogP contribution in [0.25, 0.3) is 0 Å². The molecule has 0 heterocycles. The van der Waals surface area contributed by atoms with Gasteiger partial charge in [-0.3, -0.25) is 4.79 Å². The summed E-state index contributed by atoms with van der Waals surface area (Å²) in [5.74, 6) is -0.620. The summed E-state index contributed by atoms with van der Waals surface area (Å²) in [5, 5.41) is -0.717. The fraction of sp³-hybridized carbons (Fsp3) is 0.385. The second kappa shape index (κ2) is 6.40. The predicted octanol–water partition coefficient (Wildman–Crippen LogP) is 2.68. The van der Waals surface area contributed by atoms with Crippen LogP contribution in [0.4, 0.5) is 0 Å². The highest BCUT2D eigenvalue weighted by atomic mass is 35.5. The monoisotopic (exact) mass is 270 g/mol. The van der Waals surface area contributed by atoms with Gasteiger partial charge in [0.15, 0.2) is 5.78 Å². The fourth-order valence-electron chi connectivity index (χ4n) is 1.53. The molecule has 18 heavy (non-hydrogen) atoms. The quantitative estimate of drug-likeness (QED) is 0.469. The molecule has 1 rings (SSSR count). The highest BCUT2D eigenvalue weighted by Crippen LogP contribution is 2.25. The minimum absolute atomic E-state index is 0.124. The van der Waals surface area contributed by atoms with Gasteiger partial charge in [0.05, 0.1) is 19.1 Å². The summed E-state index contributed by atoms with van der Waals surface area (Å²) in [6, 6.07) is 4.77. The zero-order valence-corrected chi connectivity index (χ0v) is 11.3. The summed E-state index contributed by atoms with van der Waals surface area (Å²) in [5.41, 5.74) is 0.342. The van der Waals surface area contributed by atoms with E-state index in [9.17, 15) is 9.59 Å². The van der Waals surface area contributed by atoms with Crippen LogP contribution < -0.4 is 4.74 Å². The molecule has 0 bridgehead atoms. The molecule has 0 spiro atoms. The average molecular weight is 271 g/mol. The van der Waals surface area contributed by atoms with Crippen molar-refractivity contribution in [1.29, 1.82) is 0 Å². The van der Waals surface area contributed by atoms with Crippen molar-refractivity contribution in [3.8, 4) is 5.75 Å². The summed E-state index contributed by atoms with van der Waals surface area (Å²) < 4.78 is 10.0. The first kappa shape index (κ1) is 14.5. The highest BCUT2D eigenvalue weighted by molar-refractivity contribution is 6.34. The number of halogens is 1. The van der Waals surface area contributed by atoms with Crippen LogP contribution in [-0.4, -0.2) is 30.8 Å². The van der Waals surface area contributed by atoms with Gasteiger partial charge in [0, 0.05) is 5.56 Å². The van der Waals surface area contributed by atoms with Crippen molar-refractivity contribution in [1.82, 2.24) is 0 Å². The van der Waals surface area contributed by atoms with Gasteiger partial charge in [-0.2, -0.15) is 0 Å². The van der Waals surface area contributed by atoms with E-state index in [1.807, 2.05) is 0 Å². The van der Waals surface area contributed by atoms with E-state index in [-0.39, 0.29) is 23.5 Å². The maximum atomic E-state index is 11.9. The van der Waals surface area contributed by atoms with Crippen molar-refractivity contribution in [3.05, 3.63) is 29.3 Å². The molecule has 1 unspecified atom stereocenters. The topological polar surface area (TPSA) is 52.6 Å². The minimum Gasteiger partial charge on any atom is -0.496 e. The standard InChI is InChI=1S/C13H15ClO4/c1-4-18-13(16)11-9(12(15)8(2)14)6-5-7-10(11)17-3/h5-8H,4H2,1-3H3. The molecule has 5 heteroatoms. The van der Waals surface area contributed by atoms with E-state index < -0.39 is 11.3 Å². The molecule has 0 radical (unpaired) electrons. The molecular formula is C13H15ClO4. The van der Waals surface area contributed by atoms with E-state index in [0.29, 0.717) is 5.75 Å². The average Bonchev–Trinajstić information content (AvgIpc) is 2.36. The van der Waals surface area contributed by atoms with Crippen molar-refractivity contribution < 1.29 is 19.1 Å². The van der Waals surface area contributed by atoms with Gasteiger partial charge >= 0.3 is 5.97 Å². The van der Waals surface area contributed by atoms with Gasteiger partial charge in [-0.15, -0.1) is 11.6 Å². The van der Waals surface area contributed by atoms with Gasteiger partial charge in [0.1, 0.15) is 11.3 Å². The number of hydrogen-bond donors (Lipinski definition) is 0. The lowest BCUT2D eigenvalue weighted by molar-refractivity contribution is 0.0519. The number of rotatable bonds is 5. The molecule has 0 saturated heterocycles. The molecule has 0 amide bonds. The predicted molar refractivity (Wildman–Crippen MR) is 68.6 cm³/mol. The van der Waals surface area contributed by atoms with Gasteiger partial charge in [-0.1, -0.05) is 12.1 Å². The van der Waals surface area contributed by atoms with E-state index in [0.717, 1.165) is 0 Å². The molecule has 98 valence electrons. The lowest BCUT2D eigenvalue weighted by Crippen LogP contribution is -2.18. The Bertz CT molecular complexity index is 454. The number of ether oxygens (including phenoxy) is 2. The lowest BCUT2D eigenvalue weighted by atomic mass is 10.0. The number of carbonyl (C=O) groups is 2. The summed E-state index contributed by atoms with van der Waals surface area (Å²) in [6.07, 6.45) is 0. The van der Waals surface area contributed by atoms with Gasteiger partial charge in [-0.25, -0.2) is 4.79 Å². The van der Waals surface area contributed by atoms with E-state index in [4.69, 9.17) is 21.1 Å². The molecule has 0 aliphatic carbocycles. The first-order valence-electron chi connectivity index (χ1n) is 5.55. The molecule has 1 aromatic rings. The Morgan fingerprint density at radius 1 is 1.39 bits per heavy atom. The number of methoxy groups -OCH3 is 1. The molecule has 0 aromatic heterocycles. The third-order valence-electron chi connectivity index (χ3n) is 2.35. The van der Waals surface area contributed by atoms with Crippen LogP contribution in [0.3, 0.4) is 0 Å². The van der Waals surface area contributed by atoms with Crippen LogP contribution in [0.1, 0.15) is 34.6 Å². The first-order valence-corrected chi connectivity index (χ1v) is 5.99. The number of ketones is 1. The molecule has 0 N–H and O–H groups in total. The summed E-state index contributed by atoms with van der Waals surface area (Å²) in [4.78, 5) is 23.8. The van der Waals surface area contributed by atoms with Crippen LogP contribution in [0, 0.1) is 0 Å². The lowest BCUT2D eigenvalue weighted by Gasteiger charge is -2.12. The number of benzene rings is 1. The van der Waals surface area contributed by atoms with Crippen molar-refractivity contribution in [2.24, 2.45) is 0 Å². The normalized spacial score (nSPS) is 11.8. The Morgan fingerprint density at radius 2 is 2.06 bits per heavy atom. The number of hydrogen-bond acceptors (Lipinski definition) is 4. The summed E-state index contributed by atoms with van der Waals surface area (Å²) in [7, 11) is 1.43. The van der Waals surface area contributed by atoms with Crippen LogP contribution in [-0.2, 0) is 4.74 Å². The highest BCUT2D eigenvalue weighted by Gasteiger charge is 2.24. The van der Waals surface area contributed by atoms with Gasteiger partial charge in [0.25, 0.3) is 0 Å². The molecule has 4 nitrogen and oxygen atoms in total. The van der Waals surface area contributed by atoms with E-state index in [1.165, 1.54) is 13.2 Å². The van der Waals surface area contributed by atoms with Gasteiger partial charge < -0.3 is 9.47 Å².